The summed E-state index contributed by atoms with van der Waals surface area (Å²) >= 11 is 0. The van der Waals surface area contributed by atoms with Crippen LogP contribution < -0.4 is 0 Å². The molecule has 3 aromatic heterocycles. The van der Waals surface area contributed by atoms with E-state index in [1.807, 2.05) is 42.5 Å². The summed E-state index contributed by atoms with van der Waals surface area (Å²) in [7, 11) is 0. The van der Waals surface area contributed by atoms with Gasteiger partial charge in [0.15, 0.2) is 5.65 Å². The molecule has 0 fully saturated rings. The van der Waals surface area contributed by atoms with Crippen molar-refractivity contribution in [3.05, 3.63) is 54.9 Å². The maximum Gasteiger partial charge on any atom is 0.178 e. The molecule has 0 radical (unpaired) electrons. The number of aromatic nitrogens is 4. The average Bonchev–Trinajstić information content (AvgIpc) is 2.90. The first-order valence-electron chi connectivity index (χ1n) is 6.07. The maximum atomic E-state index is 4.53. The zero-order valence-corrected chi connectivity index (χ0v) is 10.0. The molecular weight excluding hydrogens is 236 g/mol. The molecular formula is C15H10N4. The molecule has 1 N–H and O–H groups in total. The lowest BCUT2D eigenvalue weighted by atomic mass is 10.1. The molecule has 0 atom stereocenters. The first kappa shape index (κ1) is 10.2. The topological polar surface area (TPSA) is 54.5 Å². The molecule has 4 nitrogen and oxygen atoms in total. The second-order valence-corrected chi connectivity index (χ2v) is 4.34. The van der Waals surface area contributed by atoms with Gasteiger partial charge in [0, 0.05) is 23.3 Å². The molecule has 0 unspecified atom stereocenters. The predicted octanol–water partition coefficient (Wildman–Crippen LogP) is 3.17. The molecule has 0 spiro atoms. The zero-order chi connectivity index (χ0) is 12.7. The third kappa shape index (κ3) is 1.57. The Kier molecular flexibility index (Phi) is 2.08. The van der Waals surface area contributed by atoms with Gasteiger partial charge < -0.3 is 4.98 Å². The number of aromatic amines is 1. The summed E-state index contributed by atoms with van der Waals surface area (Å²) in [5.41, 5.74) is 3.61. The standard InChI is InChI=1S/C15H10N4/c1-4-10-5-2-8-16-13(10)11(6-1)14-18-12-7-3-9-17-15(12)19-14/h1-9H,(H,17,18,19). The van der Waals surface area contributed by atoms with Gasteiger partial charge >= 0.3 is 0 Å². The lowest BCUT2D eigenvalue weighted by Gasteiger charge is -2.01. The second kappa shape index (κ2) is 3.88. The molecule has 3 heterocycles. The number of hydrogen-bond acceptors (Lipinski definition) is 3. The van der Waals surface area contributed by atoms with E-state index >= 15 is 0 Å². The van der Waals surface area contributed by atoms with E-state index in [-0.39, 0.29) is 0 Å². The molecule has 0 aliphatic heterocycles. The molecule has 0 bridgehead atoms. The number of imidazole rings is 1. The monoisotopic (exact) mass is 246 g/mol. The molecule has 0 saturated carbocycles. The van der Waals surface area contributed by atoms with Crippen LogP contribution in [0.2, 0.25) is 0 Å². The quantitative estimate of drug-likeness (QED) is 0.561. The van der Waals surface area contributed by atoms with Gasteiger partial charge in [0.2, 0.25) is 0 Å². The summed E-state index contributed by atoms with van der Waals surface area (Å²) in [5.74, 6) is 0.804. The van der Waals surface area contributed by atoms with E-state index in [2.05, 4.69) is 19.9 Å². The molecule has 4 heteroatoms. The lowest BCUT2D eigenvalue weighted by molar-refractivity contribution is 1.30. The zero-order valence-electron chi connectivity index (χ0n) is 10.0. The van der Waals surface area contributed by atoms with Gasteiger partial charge in [-0.3, -0.25) is 4.98 Å². The maximum absolute atomic E-state index is 4.53. The molecule has 90 valence electrons. The Bertz CT molecular complexity index is 841. The average molecular weight is 246 g/mol. The molecule has 0 saturated heterocycles. The van der Waals surface area contributed by atoms with Crippen LogP contribution in [-0.4, -0.2) is 19.9 Å². The molecule has 4 rings (SSSR count). The summed E-state index contributed by atoms with van der Waals surface area (Å²) < 4.78 is 0. The fourth-order valence-electron chi connectivity index (χ4n) is 2.27. The Hall–Kier alpha value is -2.75. The normalized spacial score (nSPS) is 11.2. The van der Waals surface area contributed by atoms with Gasteiger partial charge in [-0.15, -0.1) is 0 Å². The van der Waals surface area contributed by atoms with Crippen molar-refractivity contribution in [3.8, 4) is 11.4 Å². The smallest absolute Gasteiger partial charge is 0.178 e. The number of fused-ring (bicyclic) bond motifs is 2. The lowest BCUT2D eigenvalue weighted by Crippen LogP contribution is -1.85. The minimum Gasteiger partial charge on any atom is -0.337 e. The summed E-state index contributed by atoms with van der Waals surface area (Å²) in [5, 5.41) is 1.11. The number of nitrogens with zero attached hydrogens (tertiary/aromatic N) is 3. The van der Waals surface area contributed by atoms with Crippen LogP contribution in [0, 0.1) is 0 Å². The van der Waals surface area contributed by atoms with Crippen LogP contribution >= 0.6 is 0 Å². The van der Waals surface area contributed by atoms with E-state index in [1.165, 1.54) is 0 Å². The first-order chi connectivity index (χ1) is 9.42. The highest BCUT2D eigenvalue weighted by molar-refractivity contribution is 5.93. The van der Waals surface area contributed by atoms with Gasteiger partial charge in [0.05, 0.1) is 11.0 Å². The fourth-order valence-corrected chi connectivity index (χ4v) is 2.27. The van der Waals surface area contributed by atoms with Gasteiger partial charge in [0.1, 0.15) is 5.82 Å². The van der Waals surface area contributed by atoms with Crippen LogP contribution in [0.4, 0.5) is 0 Å². The predicted molar refractivity (Wildman–Crippen MR) is 74.6 cm³/mol. The summed E-state index contributed by atoms with van der Waals surface area (Å²) in [6, 6.07) is 13.9. The van der Waals surface area contributed by atoms with Crippen molar-refractivity contribution < 1.29 is 0 Å². The van der Waals surface area contributed by atoms with Crippen molar-refractivity contribution in [1.29, 1.82) is 0 Å². The Morgan fingerprint density at radius 1 is 0.842 bits per heavy atom. The van der Waals surface area contributed by atoms with Gasteiger partial charge in [-0.25, -0.2) is 9.97 Å². The van der Waals surface area contributed by atoms with E-state index in [9.17, 15) is 0 Å². The highest BCUT2D eigenvalue weighted by Crippen LogP contribution is 2.25. The number of rotatable bonds is 1. The van der Waals surface area contributed by atoms with Crippen LogP contribution in [0.25, 0.3) is 33.5 Å². The van der Waals surface area contributed by atoms with Crippen LogP contribution in [0.5, 0.6) is 0 Å². The van der Waals surface area contributed by atoms with Crippen LogP contribution in [0.15, 0.2) is 54.9 Å². The molecule has 0 amide bonds. The Labute approximate surface area is 109 Å². The minimum absolute atomic E-state index is 0.727. The minimum atomic E-state index is 0.727. The van der Waals surface area contributed by atoms with Crippen LogP contribution in [0.3, 0.4) is 0 Å². The number of hydrogen-bond donors (Lipinski definition) is 1. The summed E-state index contributed by atoms with van der Waals surface area (Å²) in [6.07, 6.45) is 3.54. The number of para-hydroxylation sites is 1. The van der Waals surface area contributed by atoms with E-state index in [1.54, 1.807) is 12.4 Å². The number of nitrogens with one attached hydrogen (secondary N) is 1. The highest BCUT2D eigenvalue weighted by Gasteiger charge is 2.09. The van der Waals surface area contributed by atoms with Crippen molar-refractivity contribution in [1.82, 2.24) is 19.9 Å². The van der Waals surface area contributed by atoms with Crippen molar-refractivity contribution >= 4 is 22.1 Å². The van der Waals surface area contributed by atoms with Crippen molar-refractivity contribution in [2.75, 3.05) is 0 Å². The number of pyridine rings is 2. The number of H-pyrrole nitrogens is 1. The largest absolute Gasteiger partial charge is 0.337 e. The van der Waals surface area contributed by atoms with Crippen LogP contribution in [0.1, 0.15) is 0 Å². The third-order valence-corrected chi connectivity index (χ3v) is 3.15. The van der Waals surface area contributed by atoms with Gasteiger partial charge in [0.25, 0.3) is 0 Å². The number of benzene rings is 1. The van der Waals surface area contributed by atoms with Crippen molar-refractivity contribution in [2.45, 2.75) is 0 Å². The highest BCUT2D eigenvalue weighted by atomic mass is 15.0. The van der Waals surface area contributed by atoms with E-state index in [0.29, 0.717) is 0 Å². The molecule has 4 aromatic rings. The summed E-state index contributed by atoms with van der Waals surface area (Å²) in [6.45, 7) is 0. The van der Waals surface area contributed by atoms with E-state index in [4.69, 9.17) is 0 Å². The van der Waals surface area contributed by atoms with E-state index < -0.39 is 0 Å². The van der Waals surface area contributed by atoms with Gasteiger partial charge in [-0.2, -0.15) is 0 Å². The van der Waals surface area contributed by atoms with Crippen molar-refractivity contribution in [3.63, 3.8) is 0 Å². The van der Waals surface area contributed by atoms with Gasteiger partial charge in [-0.05, 0) is 24.3 Å². The fraction of sp³-hybridized carbons (Fsp3) is 0. The van der Waals surface area contributed by atoms with E-state index in [0.717, 1.165) is 33.5 Å². The Morgan fingerprint density at radius 2 is 1.68 bits per heavy atom. The van der Waals surface area contributed by atoms with Crippen molar-refractivity contribution in [2.24, 2.45) is 0 Å². The Balaban J connectivity index is 2.03. The Morgan fingerprint density at radius 3 is 2.63 bits per heavy atom. The second-order valence-electron chi connectivity index (χ2n) is 4.34. The SMILES string of the molecule is c1cnc2c(-c3nc4ncccc4[nH]3)cccc2c1. The molecule has 19 heavy (non-hydrogen) atoms. The summed E-state index contributed by atoms with van der Waals surface area (Å²) in [4.78, 5) is 16.5. The third-order valence-electron chi connectivity index (χ3n) is 3.15. The van der Waals surface area contributed by atoms with Gasteiger partial charge in [-0.1, -0.05) is 18.2 Å². The molecule has 0 aliphatic rings. The first-order valence-corrected chi connectivity index (χ1v) is 6.07. The molecule has 1 aromatic carbocycles. The molecule has 0 aliphatic carbocycles. The van der Waals surface area contributed by atoms with Crippen LogP contribution in [-0.2, 0) is 0 Å².